The molecule has 0 aliphatic carbocycles. The topological polar surface area (TPSA) is 45.2 Å². The normalized spacial score (nSPS) is 16.6. The van der Waals surface area contributed by atoms with Crippen LogP contribution in [0.1, 0.15) is 23.2 Å². The number of anilines is 1. The molecule has 3 rings (SSSR count). The maximum absolute atomic E-state index is 12.6. The number of thiazole rings is 1. The lowest BCUT2D eigenvalue weighted by Gasteiger charge is -2.34. The predicted octanol–water partition coefficient (Wildman–Crippen LogP) is 2.84. The van der Waals surface area contributed by atoms with Crippen LogP contribution >= 0.6 is 11.3 Å². The highest BCUT2D eigenvalue weighted by Gasteiger charge is 2.33. The zero-order valence-corrected chi connectivity index (χ0v) is 14.1. The van der Waals surface area contributed by atoms with Gasteiger partial charge in [-0.1, -0.05) is 6.92 Å². The molecule has 0 saturated carbocycles. The lowest BCUT2D eigenvalue weighted by Crippen LogP contribution is -2.46. The van der Waals surface area contributed by atoms with E-state index in [0.717, 1.165) is 54.9 Å². The molecule has 1 aliphatic heterocycles. The van der Waals surface area contributed by atoms with E-state index in [9.17, 15) is 13.2 Å². The quantitative estimate of drug-likeness (QED) is 0.842. The summed E-state index contributed by atoms with van der Waals surface area (Å²) in [6, 6.07) is 0. The average molecular weight is 357 g/mol. The van der Waals surface area contributed by atoms with Crippen LogP contribution in [-0.4, -0.2) is 46.0 Å². The molecule has 5 nitrogen and oxygen atoms in total. The van der Waals surface area contributed by atoms with Crippen molar-refractivity contribution >= 4 is 17.3 Å². The number of aryl methyl sites for hydroxylation is 1. The van der Waals surface area contributed by atoms with E-state index in [1.165, 1.54) is 0 Å². The Hall–Kier alpha value is -1.74. The van der Waals surface area contributed by atoms with Gasteiger partial charge in [0.2, 0.25) is 5.95 Å². The van der Waals surface area contributed by atoms with Gasteiger partial charge in [-0.2, -0.15) is 13.2 Å². The maximum atomic E-state index is 12.6. The summed E-state index contributed by atoms with van der Waals surface area (Å²) in [4.78, 5) is 16.6. The zero-order chi connectivity index (χ0) is 17.2. The van der Waals surface area contributed by atoms with Gasteiger partial charge < -0.3 is 4.90 Å². The SMILES string of the molecule is CCc1cnc(N2CCN(Cc3nc(C(F)(F)F)cs3)CC2)nc1. The monoisotopic (exact) mass is 357 g/mol. The van der Waals surface area contributed by atoms with Crippen molar-refractivity contribution in [3.63, 3.8) is 0 Å². The Morgan fingerprint density at radius 1 is 1.12 bits per heavy atom. The van der Waals surface area contributed by atoms with Crippen LogP contribution in [0.25, 0.3) is 0 Å². The van der Waals surface area contributed by atoms with E-state index >= 15 is 0 Å². The first-order valence-electron chi connectivity index (χ1n) is 7.75. The van der Waals surface area contributed by atoms with Gasteiger partial charge in [-0.25, -0.2) is 15.0 Å². The summed E-state index contributed by atoms with van der Waals surface area (Å²) < 4.78 is 37.7. The predicted molar refractivity (Wildman–Crippen MR) is 86.0 cm³/mol. The van der Waals surface area contributed by atoms with Crippen molar-refractivity contribution in [3.8, 4) is 0 Å². The minimum absolute atomic E-state index is 0.449. The van der Waals surface area contributed by atoms with Crippen molar-refractivity contribution < 1.29 is 13.2 Å². The first kappa shape index (κ1) is 17.1. The Labute approximate surface area is 142 Å². The fraction of sp³-hybridized carbons (Fsp3) is 0.533. The first-order valence-corrected chi connectivity index (χ1v) is 8.63. The summed E-state index contributed by atoms with van der Waals surface area (Å²) >= 11 is 1.06. The third-order valence-corrected chi connectivity index (χ3v) is 4.79. The summed E-state index contributed by atoms with van der Waals surface area (Å²) in [5, 5.41) is 1.58. The molecule has 0 aromatic carbocycles. The van der Waals surface area contributed by atoms with Crippen molar-refractivity contribution in [2.75, 3.05) is 31.1 Å². The lowest BCUT2D eigenvalue weighted by molar-refractivity contribution is -0.140. The fourth-order valence-corrected chi connectivity index (χ4v) is 3.35. The molecule has 0 spiro atoms. The van der Waals surface area contributed by atoms with Gasteiger partial charge in [0.15, 0.2) is 5.69 Å². The summed E-state index contributed by atoms with van der Waals surface area (Å²) in [7, 11) is 0. The molecule has 2 aromatic heterocycles. The molecule has 0 atom stereocenters. The maximum Gasteiger partial charge on any atom is 0.434 e. The van der Waals surface area contributed by atoms with Crippen LogP contribution < -0.4 is 4.90 Å². The van der Waals surface area contributed by atoms with Crippen LogP contribution in [0.2, 0.25) is 0 Å². The smallest absolute Gasteiger partial charge is 0.338 e. The Morgan fingerprint density at radius 2 is 1.79 bits per heavy atom. The second kappa shape index (κ2) is 7.02. The van der Waals surface area contributed by atoms with Gasteiger partial charge >= 0.3 is 6.18 Å². The molecule has 24 heavy (non-hydrogen) atoms. The molecule has 2 aromatic rings. The standard InChI is InChI=1S/C15H18F3N5S/c1-2-11-7-19-14(20-8-11)23-5-3-22(4-6-23)9-13-21-12(10-24-13)15(16,17)18/h7-8,10H,2-6,9H2,1H3. The van der Waals surface area contributed by atoms with Crippen molar-refractivity contribution in [2.45, 2.75) is 26.1 Å². The highest BCUT2D eigenvalue weighted by atomic mass is 32.1. The number of piperazine rings is 1. The van der Waals surface area contributed by atoms with Gasteiger partial charge in [-0.15, -0.1) is 11.3 Å². The third-order valence-electron chi connectivity index (χ3n) is 3.96. The molecule has 1 saturated heterocycles. The summed E-state index contributed by atoms with van der Waals surface area (Å²) in [5.74, 6) is 0.709. The van der Waals surface area contributed by atoms with Crippen LogP contribution in [0, 0.1) is 0 Å². The minimum Gasteiger partial charge on any atom is -0.338 e. The fourth-order valence-electron chi connectivity index (χ4n) is 2.50. The van der Waals surface area contributed by atoms with E-state index < -0.39 is 11.9 Å². The molecule has 9 heteroatoms. The minimum atomic E-state index is -4.37. The molecule has 0 N–H and O–H groups in total. The van der Waals surface area contributed by atoms with E-state index in [4.69, 9.17) is 0 Å². The van der Waals surface area contributed by atoms with Crippen molar-refractivity contribution in [1.29, 1.82) is 0 Å². The molecule has 130 valence electrons. The molecule has 0 unspecified atom stereocenters. The number of nitrogens with zero attached hydrogens (tertiary/aromatic N) is 5. The highest BCUT2D eigenvalue weighted by Crippen LogP contribution is 2.30. The number of rotatable bonds is 4. The van der Waals surface area contributed by atoms with E-state index in [2.05, 4.69) is 31.7 Å². The van der Waals surface area contributed by atoms with Crippen molar-refractivity contribution in [1.82, 2.24) is 19.9 Å². The van der Waals surface area contributed by atoms with Crippen LogP contribution in [0.4, 0.5) is 19.1 Å². The van der Waals surface area contributed by atoms with Crippen LogP contribution in [0.3, 0.4) is 0 Å². The molecule has 0 amide bonds. The number of hydrogen-bond acceptors (Lipinski definition) is 6. The zero-order valence-electron chi connectivity index (χ0n) is 13.3. The van der Waals surface area contributed by atoms with E-state index in [-0.39, 0.29) is 0 Å². The van der Waals surface area contributed by atoms with Crippen LogP contribution in [0.5, 0.6) is 0 Å². The molecular weight excluding hydrogens is 339 g/mol. The Balaban J connectivity index is 1.54. The van der Waals surface area contributed by atoms with E-state index in [1.807, 2.05) is 12.4 Å². The van der Waals surface area contributed by atoms with Gasteiger partial charge in [0, 0.05) is 44.0 Å². The van der Waals surface area contributed by atoms with Crippen molar-refractivity contribution in [3.05, 3.63) is 34.0 Å². The molecule has 0 bridgehead atoms. The van der Waals surface area contributed by atoms with Gasteiger partial charge in [-0.3, -0.25) is 4.90 Å². The van der Waals surface area contributed by atoms with Crippen LogP contribution in [-0.2, 0) is 19.1 Å². The van der Waals surface area contributed by atoms with Gasteiger partial charge in [-0.05, 0) is 12.0 Å². The summed E-state index contributed by atoms with van der Waals surface area (Å²) in [5.41, 5.74) is 0.298. The number of hydrogen-bond donors (Lipinski definition) is 0. The second-order valence-electron chi connectivity index (χ2n) is 5.63. The van der Waals surface area contributed by atoms with Gasteiger partial charge in [0.1, 0.15) is 5.01 Å². The lowest BCUT2D eigenvalue weighted by atomic mass is 10.3. The molecule has 1 fully saturated rings. The summed E-state index contributed by atoms with van der Waals surface area (Å²) in [6.45, 7) is 5.51. The first-order chi connectivity index (χ1) is 11.5. The second-order valence-corrected chi connectivity index (χ2v) is 6.57. The van der Waals surface area contributed by atoms with E-state index in [0.29, 0.717) is 17.5 Å². The summed E-state index contributed by atoms with van der Waals surface area (Å²) in [6.07, 6.45) is 0.211. The molecule has 3 heterocycles. The number of halogens is 3. The molecule has 1 aliphatic rings. The Kier molecular flexibility index (Phi) is 5.00. The van der Waals surface area contributed by atoms with Gasteiger partial charge in [0.25, 0.3) is 0 Å². The molecular formula is C15H18F3N5S. The van der Waals surface area contributed by atoms with E-state index in [1.54, 1.807) is 0 Å². The largest absolute Gasteiger partial charge is 0.434 e. The Morgan fingerprint density at radius 3 is 2.33 bits per heavy atom. The average Bonchev–Trinajstić information content (AvgIpc) is 3.05. The third kappa shape index (κ3) is 4.02. The number of alkyl halides is 3. The van der Waals surface area contributed by atoms with Gasteiger partial charge in [0.05, 0.1) is 6.54 Å². The number of aromatic nitrogens is 3. The highest BCUT2D eigenvalue weighted by molar-refractivity contribution is 7.09. The Bertz CT molecular complexity index is 662. The molecule has 0 radical (unpaired) electrons. The van der Waals surface area contributed by atoms with Crippen molar-refractivity contribution in [2.24, 2.45) is 0 Å². The van der Waals surface area contributed by atoms with Crippen LogP contribution in [0.15, 0.2) is 17.8 Å².